The van der Waals surface area contributed by atoms with Crippen molar-refractivity contribution < 1.29 is 23.9 Å². The summed E-state index contributed by atoms with van der Waals surface area (Å²) >= 11 is 0. The number of carbonyl (C=O) groups excluding carboxylic acids is 2. The summed E-state index contributed by atoms with van der Waals surface area (Å²) in [6.07, 6.45) is 7.73. The number of carboxylic acids is 1. The first-order chi connectivity index (χ1) is 19.2. The molecule has 2 aromatic rings. The molecule has 1 atom stereocenters. The number of rotatable bonds is 10. The predicted molar refractivity (Wildman–Crippen MR) is 155 cm³/mol. The number of nitrogens with zero attached hydrogens (tertiary/aromatic N) is 2. The van der Waals surface area contributed by atoms with Gasteiger partial charge in [-0.05, 0) is 87.4 Å². The van der Waals surface area contributed by atoms with Gasteiger partial charge in [0.05, 0.1) is 12.5 Å². The maximum atomic E-state index is 14.0. The molecule has 2 N–H and O–H groups in total. The van der Waals surface area contributed by atoms with Gasteiger partial charge in [-0.1, -0.05) is 44.9 Å². The van der Waals surface area contributed by atoms with Crippen LogP contribution < -0.4 is 5.32 Å². The molecule has 1 amide bonds. The Kier molecular flexibility index (Phi) is 11.1. The van der Waals surface area contributed by atoms with E-state index in [0.717, 1.165) is 62.4 Å². The molecule has 7 nitrogen and oxygen atoms in total. The van der Waals surface area contributed by atoms with Crippen molar-refractivity contribution in [3.05, 3.63) is 70.5 Å². The molecule has 0 unspecified atom stereocenters. The summed E-state index contributed by atoms with van der Waals surface area (Å²) in [6.45, 7) is 6.84. The van der Waals surface area contributed by atoms with Gasteiger partial charge in [0.15, 0.2) is 0 Å². The van der Waals surface area contributed by atoms with Crippen LogP contribution in [0.5, 0.6) is 0 Å². The number of carbonyl (C=O) groups is 3. The van der Waals surface area contributed by atoms with Crippen molar-refractivity contribution in [2.45, 2.75) is 83.8 Å². The Morgan fingerprint density at radius 3 is 2.38 bits per heavy atom. The lowest BCUT2D eigenvalue weighted by Crippen LogP contribution is -2.50. The fraction of sp³-hybridized carbons (Fsp3) is 0.500. The SMILES string of the molecule is CCC[C@H](c1ccc(C=O)c(C)c1)N1C(=O)C(c2ccc(F)cc2)=NC12CCC(CC)CC2.CNCCC(=O)O. The van der Waals surface area contributed by atoms with Gasteiger partial charge < -0.3 is 15.3 Å². The van der Waals surface area contributed by atoms with Gasteiger partial charge in [0, 0.05) is 17.7 Å². The third kappa shape index (κ3) is 7.22. The van der Waals surface area contributed by atoms with Crippen molar-refractivity contribution in [1.82, 2.24) is 10.2 Å². The molecule has 8 heteroatoms. The molecular weight excluding hydrogens is 509 g/mol. The second-order valence-corrected chi connectivity index (χ2v) is 10.8. The largest absolute Gasteiger partial charge is 0.481 e. The van der Waals surface area contributed by atoms with E-state index < -0.39 is 11.6 Å². The van der Waals surface area contributed by atoms with Crippen molar-refractivity contribution in [3.8, 4) is 0 Å². The molecule has 1 aliphatic heterocycles. The molecule has 0 radical (unpaired) electrons. The van der Waals surface area contributed by atoms with E-state index in [4.69, 9.17) is 10.1 Å². The second-order valence-electron chi connectivity index (χ2n) is 10.8. The molecule has 1 aliphatic carbocycles. The number of aliphatic imine (C=N–C) groups is 1. The Balaban J connectivity index is 0.000000559. The summed E-state index contributed by atoms with van der Waals surface area (Å²) in [7, 11) is 1.73. The van der Waals surface area contributed by atoms with Crippen molar-refractivity contribution in [2.24, 2.45) is 10.9 Å². The molecule has 1 heterocycles. The highest BCUT2D eigenvalue weighted by atomic mass is 19.1. The number of aldehydes is 1. The number of hydrogen-bond acceptors (Lipinski definition) is 5. The fourth-order valence-corrected chi connectivity index (χ4v) is 5.73. The smallest absolute Gasteiger partial charge is 0.304 e. The predicted octanol–water partition coefficient (Wildman–Crippen LogP) is 6.10. The molecule has 2 aromatic carbocycles. The molecule has 40 heavy (non-hydrogen) atoms. The molecule has 216 valence electrons. The zero-order valence-electron chi connectivity index (χ0n) is 24.1. The molecule has 0 bridgehead atoms. The number of amides is 1. The van der Waals surface area contributed by atoms with E-state index in [1.807, 2.05) is 30.0 Å². The number of aryl methyl sites for hydroxylation is 1. The van der Waals surface area contributed by atoms with Gasteiger partial charge in [0.2, 0.25) is 0 Å². The summed E-state index contributed by atoms with van der Waals surface area (Å²) in [5.41, 5.74) is 3.17. The molecule has 0 saturated heterocycles. The van der Waals surface area contributed by atoms with E-state index in [2.05, 4.69) is 19.2 Å². The Morgan fingerprint density at radius 1 is 1.20 bits per heavy atom. The van der Waals surface area contributed by atoms with Crippen LogP contribution in [0.4, 0.5) is 4.39 Å². The molecule has 1 fully saturated rings. The first-order valence-corrected chi connectivity index (χ1v) is 14.3. The summed E-state index contributed by atoms with van der Waals surface area (Å²) in [4.78, 5) is 42.2. The summed E-state index contributed by atoms with van der Waals surface area (Å²) in [5.74, 6) is -0.493. The fourth-order valence-electron chi connectivity index (χ4n) is 5.73. The summed E-state index contributed by atoms with van der Waals surface area (Å²) in [6, 6.07) is 11.8. The topological polar surface area (TPSA) is 99.1 Å². The van der Waals surface area contributed by atoms with Gasteiger partial charge in [-0.25, -0.2) is 4.39 Å². The van der Waals surface area contributed by atoms with Gasteiger partial charge in [-0.15, -0.1) is 0 Å². The van der Waals surface area contributed by atoms with Crippen LogP contribution in [0.1, 0.15) is 98.3 Å². The molecule has 1 saturated carbocycles. The third-order valence-corrected chi connectivity index (χ3v) is 8.06. The minimum absolute atomic E-state index is 0.0767. The quantitative estimate of drug-likeness (QED) is 0.348. The van der Waals surface area contributed by atoms with Crippen LogP contribution in [-0.4, -0.2) is 53.1 Å². The maximum absolute atomic E-state index is 14.0. The van der Waals surface area contributed by atoms with Crippen molar-refractivity contribution in [2.75, 3.05) is 13.6 Å². The first kappa shape index (κ1) is 31.1. The first-order valence-electron chi connectivity index (χ1n) is 14.3. The van der Waals surface area contributed by atoms with Gasteiger partial charge >= 0.3 is 5.97 Å². The van der Waals surface area contributed by atoms with Crippen LogP contribution in [0.3, 0.4) is 0 Å². The van der Waals surface area contributed by atoms with Gasteiger partial charge in [0.25, 0.3) is 5.91 Å². The van der Waals surface area contributed by atoms with Crippen LogP contribution in [0, 0.1) is 18.7 Å². The highest BCUT2D eigenvalue weighted by molar-refractivity contribution is 6.46. The number of aliphatic carboxylic acids is 1. The molecule has 2 aliphatic rings. The van der Waals surface area contributed by atoms with E-state index >= 15 is 0 Å². The average Bonchev–Trinajstić information content (AvgIpc) is 3.22. The maximum Gasteiger partial charge on any atom is 0.304 e. The molecular formula is C32H42FN3O4. The highest BCUT2D eigenvalue weighted by Gasteiger charge is 2.51. The van der Waals surface area contributed by atoms with Crippen LogP contribution in [-0.2, 0) is 9.59 Å². The van der Waals surface area contributed by atoms with E-state index in [-0.39, 0.29) is 24.2 Å². The molecule has 0 aromatic heterocycles. The van der Waals surface area contributed by atoms with Gasteiger partial charge in [-0.3, -0.25) is 19.4 Å². The zero-order valence-corrected chi connectivity index (χ0v) is 24.1. The van der Waals surface area contributed by atoms with E-state index in [1.165, 1.54) is 12.1 Å². The number of benzene rings is 2. The Hall–Kier alpha value is -3.39. The summed E-state index contributed by atoms with van der Waals surface area (Å²) in [5, 5.41) is 10.7. The highest BCUT2D eigenvalue weighted by Crippen LogP contribution is 2.47. The van der Waals surface area contributed by atoms with Gasteiger partial charge in [-0.2, -0.15) is 0 Å². The van der Waals surface area contributed by atoms with E-state index in [1.54, 1.807) is 19.2 Å². The Labute approximate surface area is 236 Å². The number of halogens is 1. The molecule has 1 spiro atoms. The average molecular weight is 552 g/mol. The monoisotopic (exact) mass is 551 g/mol. The lowest BCUT2D eigenvalue weighted by Gasteiger charge is -2.45. The minimum Gasteiger partial charge on any atom is -0.481 e. The second kappa shape index (κ2) is 14.3. The van der Waals surface area contributed by atoms with Crippen molar-refractivity contribution >= 4 is 23.9 Å². The Morgan fingerprint density at radius 2 is 1.88 bits per heavy atom. The Bertz CT molecular complexity index is 1200. The number of nitrogens with one attached hydrogen (secondary N) is 1. The number of carboxylic acid groups (broad SMARTS) is 1. The normalized spacial score (nSPS) is 21.0. The summed E-state index contributed by atoms with van der Waals surface area (Å²) < 4.78 is 13.6. The van der Waals surface area contributed by atoms with Crippen LogP contribution in [0.2, 0.25) is 0 Å². The van der Waals surface area contributed by atoms with E-state index in [0.29, 0.717) is 29.3 Å². The lowest BCUT2D eigenvalue weighted by atomic mass is 9.79. The zero-order chi connectivity index (χ0) is 29.3. The van der Waals surface area contributed by atoms with Crippen molar-refractivity contribution in [1.29, 1.82) is 0 Å². The van der Waals surface area contributed by atoms with Crippen molar-refractivity contribution in [3.63, 3.8) is 0 Å². The van der Waals surface area contributed by atoms with Crippen LogP contribution in [0.25, 0.3) is 0 Å². The van der Waals surface area contributed by atoms with E-state index in [9.17, 15) is 18.8 Å². The minimum atomic E-state index is -0.755. The van der Waals surface area contributed by atoms with Crippen LogP contribution in [0.15, 0.2) is 47.5 Å². The third-order valence-electron chi connectivity index (χ3n) is 8.06. The number of hydrogen-bond donors (Lipinski definition) is 2. The standard InChI is InChI=1S/C28H33FN2O2.C4H9NO2/c1-4-6-25(22-7-8-23(18-32)19(3)17-22)31-27(33)26(21-9-11-24(29)12-10-21)30-28(31)15-13-20(5-2)14-16-28;1-5-3-2-4(6)7/h7-12,17-18,20,25H,4-6,13-16H2,1-3H3;5H,2-3H2,1H3,(H,6,7)/t20?,25-,28?;/m1./s1. The van der Waals surface area contributed by atoms with Crippen LogP contribution >= 0.6 is 0 Å². The lowest BCUT2D eigenvalue weighted by molar-refractivity contribution is -0.137. The van der Waals surface area contributed by atoms with Gasteiger partial charge in [0.1, 0.15) is 23.5 Å². The molecule has 4 rings (SSSR count).